The van der Waals surface area contributed by atoms with Gasteiger partial charge in [-0.25, -0.2) is 8.42 Å². The van der Waals surface area contributed by atoms with Gasteiger partial charge in [0.2, 0.25) is 6.79 Å². The number of benzene rings is 1. The van der Waals surface area contributed by atoms with Crippen LogP contribution in [0.25, 0.3) is 0 Å². The second kappa shape index (κ2) is 8.77. The number of aromatic nitrogens is 1. The molecule has 33 heavy (non-hydrogen) atoms. The maximum atomic E-state index is 13.1. The van der Waals surface area contributed by atoms with Gasteiger partial charge in [0.25, 0.3) is 0 Å². The fourth-order valence-electron chi connectivity index (χ4n) is 5.29. The van der Waals surface area contributed by atoms with Gasteiger partial charge < -0.3 is 14.0 Å². The molecule has 0 spiro atoms. The summed E-state index contributed by atoms with van der Waals surface area (Å²) in [5.41, 5.74) is 3.78. The first-order valence-electron chi connectivity index (χ1n) is 11.5. The van der Waals surface area contributed by atoms with E-state index in [0.717, 1.165) is 61.2 Å². The number of hydrogen-bond acceptors (Lipinski definition) is 7. The third-order valence-corrected chi connectivity index (χ3v) is 8.78. The van der Waals surface area contributed by atoms with E-state index in [1.54, 1.807) is 0 Å². The standard InChI is InChI=1S/C24H31N3O5S/c1-17-11-21(18(2)27(17)20-5-10-33(29,30)15-20)22(28)14-26-8-6-25(7-9-26)13-19-3-4-23-24(12-19)32-16-31-23/h3-4,11-12,20H,5-10,13-16H2,1-2H3/t20-/m1/s1. The van der Waals surface area contributed by atoms with Gasteiger partial charge in [-0.2, -0.15) is 0 Å². The fourth-order valence-corrected chi connectivity index (χ4v) is 6.99. The van der Waals surface area contributed by atoms with Crippen molar-refractivity contribution >= 4 is 15.6 Å². The Labute approximate surface area is 195 Å². The Kier molecular flexibility index (Phi) is 5.96. The number of carbonyl (C=O) groups excluding carboxylic acids is 1. The normalized spacial score (nSPS) is 22.7. The van der Waals surface area contributed by atoms with Gasteiger partial charge in [-0.3, -0.25) is 14.6 Å². The summed E-state index contributed by atoms with van der Waals surface area (Å²) in [6.45, 7) is 8.92. The Morgan fingerprint density at radius 1 is 1.03 bits per heavy atom. The molecule has 1 aromatic heterocycles. The van der Waals surface area contributed by atoms with Crippen LogP contribution >= 0.6 is 0 Å². The maximum absolute atomic E-state index is 13.1. The Morgan fingerprint density at radius 3 is 2.48 bits per heavy atom. The van der Waals surface area contributed by atoms with Crippen LogP contribution in [-0.4, -0.2) is 79.6 Å². The van der Waals surface area contributed by atoms with Crippen LogP contribution < -0.4 is 9.47 Å². The minimum Gasteiger partial charge on any atom is -0.454 e. The van der Waals surface area contributed by atoms with Crippen LogP contribution in [0, 0.1) is 13.8 Å². The average Bonchev–Trinajstić information content (AvgIpc) is 3.46. The lowest BCUT2D eigenvalue weighted by atomic mass is 10.1. The van der Waals surface area contributed by atoms with Crippen molar-refractivity contribution in [2.75, 3.05) is 51.0 Å². The zero-order chi connectivity index (χ0) is 23.2. The molecule has 0 bridgehead atoms. The van der Waals surface area contributed by atoms with Crippen LogP contribution in [0.2, 0.25) is 0 Å². The van der Waals surface area contributed by atoms with Gasteiger partial charge in [-0.1, -0.05) is 6.07 Å². The van der Waals surface area contributed by atoms with E-state index in [1.165, 1.54) is 5.56 Å². The summed E-state index contributed by atoms with van der Waals surface area (Å²) in [6, 6.07) is 7.96. The van der Waals surface area contributed by atoms with E-state index in [-0.39, 0.29) is 30.1 Å². The highest BCUT2D eigenvalue weighted by atomic mass is 32.2. The summed E-state index contributed by atoms with van der Waals surface area (Å²) in [7, 11) is -2.97. The topological polar surface area (TPSA) is 81.1 Å². The average molecular weight is 474 g/mol. The van der Waals surface area contributed by atoms with Crippen LogP contribution in [-0.2, 0) is 16.4 Å². The lowest BCUT2D eigenvalue weighted by Crippen LogP contribution is -2.47. The van der Waals surface area contributed by atoms with E-state index >= 15 is 0 Å². The molecule has 2 saturated heterocycles. The highest BCUT2D eigenvalue weighted by Gasteiger charge is 2.32. The van der Waals surface area contributed by atoms with Crippen molar-refractivity contribution in [1.82, 2.24) is 14.4 Å². The van der Waals surface area contributed by atoms with Crippen molar-refractivity contribution in [2.45, 2.75) is 32.9 Å². The van der Waals surface area contributed by atoms with Crippen LogP contribution in [0.1, 0.15) is 39.8 Å². The molecule has 3 aliphatic heterocycles. The molecule has 2 fully saturated rings. The number of nitrogens with zero attached hydrogens (tertiary/aromatic N) is 3. The largest absolute Gasteiger partial charge is 0.454 e. The number of piperazine rings is 1. The number of carbonyl (C=O) groups is 1. The highest BCUT2D eigenvalue weighted by molar-refractivity contribution is 7.91. The summed E-state index contributed by atoms with van der Waals surface area (Å²) < 4.78 is 36.8. The molecule has 0 aliphatic carbocycles. The number of sulfone groups is 1. The number of ketones is 1. The number of Topliss-reactive ketones (excluding diaryl/α,β-unsaturated/α-hetero) is 1. The third-order valence-electron chi connectivity index (χ3n) is 7.03. The molecule has 5 rings (SSSR count). The number of hydrogen-bond donors (Lipinski definition) is 0. The SMILES string of the molecule is Cc1cc(C(=O)CN2CCN(Cc3ccc4c(c3)OCO4)CC2)c(C)n1[C@@H]1CCS(=O)(=O)C1. The Morgan fingerprint density at radius 2 is 1.76 bits per heavy atom. The molecular formula is C24H31N3O5S. The van der Waals surface area contributed by atoms with E-state index in [0.29, 0.717) is 13.0 Å². The monoisotopic (exact) mass is 473 g/mol. The van der Waals surface area contributed by atoms with Gasteiger partial charge in [0.05, 0.1) is 18.1 Å². The van der Waals surface area contributed by atoms with Crippen molar-refractivity contribution < 1.29 is 22.7 Å². The smallest absolute Gasteiger partial charge is 0.231 e. The molecule has 1 aromatic carbocycles. The zero-order valence-electron chi connectivity index (χ0n) is 19.2. The van der Waals surface area contributed by atoms with Crippen LogP contribution in [0.4, 0.5) is 0 Å². The van der Waals surface area contributed by atoms with E-state index in [4.69, 9.17) is 9.47 Å². The summed E-state index contributed by atoms with van der Waals surface area (Å²) >= 11 is 0. The first-order chi connectivity index (χ1) is 15.8. The summed E-state index contributed by atoms with van der Waals surface area (Å²) in [5, 5.41) is 0. The number of aryl methyl sites for hydroxylation is 1. The third kappa shape index (κ3) is 4.67. The van der Waals surface area contributed by atoms with Gasteiger partial charge in [-0.05, 0) is 44.0 Å². The van der Waals surface area contributed by atoms with Gasteiger partial charge in [0.1, 0.15) is 0 Å². The van der Waals surface area contributed by atoms with Crippen molar-refractivity contribution in [3.8, 4) is 11.5 Å². The first kappa shape index (κ1) is 22.4. The first-order valence-corrected chi connectivity index (χ1v) is 13.4. The summed E-state index contributed by atoms with van der Waals surface area (Å²) in [4.78, 5) is 17.7. The molecule has 4 heterocycles. The van der Waals surface area contributed by atoms with Crippen molar-refractivity contribution in [2.24, 2.45) is 0 Å². The summed E-state index contributed by atoms with van der Waals surface area (Å²) in [6.07, 6.45) is 0.623. The quantitative estimate of drug-likeness (QED) is 0.595. The lowest BCUT2D eigenvalue weighted by molar-refractivity contribution is 0.0843. The van der Waals surface area contributed by atoms with E-state index in [1.807, 2.05) is 32.0 Å². The van der Waals surface area contributed by atoms with E-state index < -0.39 is 9.84 Å². The number of fused-ring (bicyclic) bond motifs is 1. The Balaban J connectivity index is 1.17. The molecule has 3 aliphatic rings. The van der Waals surface area contributed by atoms with Gasteiger partial charge in [-0.15, -0.1) is 0 Å². The molecule has 1 atom stereocenters. The number of rotatable bonds is 6. The number of ether oxygens (including phenoxy) is 2. The molecule has 178 valence electrons. The molecule has 9 heteroatoms. The van der Waals surface area contributed by atoms with Gasteiger partial charge in [0, 0.05) is 55.7 Å². The maximum Gasteiger partial charge on any atom is 0.231 e. The minimum atomic E-state index is -2.97. The Bertz CT molecular complexity index is 1170. The molecule has 0 saturated carbocycles. The second-order valence-corrected chi connectivity index (χ2v) is 11.6. The van der Waals surface area contributed by atoms with Crippen molar-refractivity contribution in [3.63, 3.8) is 0 Å². The predicted octanol–water partition coefficient (Wildman–Crippen LogP) is 2.19. The van der Waals surface area contributed by atoms with Crippen molar-refractivity contribution in [3.05, 3.63) is 46.8 Å². The fraction of sp³-hybridized carbons (Fsp3) is 0.542. The van der Waals surface area contributed by atoms with E-state index in [9.17, 15) is 13.2 Å². The highest BCUT2D eigenvalue weighted by Crippen LogP contribution is 2.33. The molecular weight excluding hydrogens is 442 g/mol. The summed E-state index contributed by atoms with van der Waals surface area (Å²) in [5.74, 6) is 2.12. The van der Waals surface area contributed by atoms with E-state index in [2.05, 4.69) is 20.4 Å². The Hall–Kier alpha value is -2.36. The minimum absolute atomic E-state index is 0.0590. The van der Waals surface area contributed by atoms with Gasteiger partial charge >= 0.3 is 0 Å². The molecule has 0 N–H and O–H groups in total. The van der Waals surface area contributed by atoms with Crippen LogP contribution in [0.3, 0.4) is 0 Å². The molecule has 2 aromatic rings. The molecule has 0 unspecified atom stereocenters. The molecule has 0 amide bonds. The second-order valence-electron chi connectivity index (χ2n) is 9.37. The van der Waals surface area contributed by atoms with Gasteiger partial charge in [0.15, 0.2) is 27.1 Å². The van der Waals surface area contributed by atoms with Crippen LogP contribution in [0.15, 0.2) is 24.3 Å². The lowest BCUT2D eigenvalue weighted by Gasteiger charge is -2.34. The molecule has 0 radical (unpaired) electrons. The van der Waals surface area contributed by atoms with Crippen molar-refractivity contribution in [1.29, 1.82) is 0 Å². The molecule has 8 nitrogen and oxygen atoms in total. The predicted molar refractivity (Wildman–Crippen MR) is 125 cm³/mol. The zero-order valence-corrected chi connectivity index (χ0v) is 20.1. The van der Waals surface area contributed by atoms with Crippen LogP contribution in [0.5, 0.6) is 11.5 Å².